The first-order valence-corrected chi connectivity index (χ1v) is 9.34. The molecule has 6 heteroatoms. The van der Waals surface area contributed by atoms with Crippen molar-refractivity contribution in [3.63, 3.8) is 0 Å². The van der Waals surface area contributed by atoms with Gasteiger partial charge in [0.1, 0.15) is 5.01 Å². The molecule has 0 amide bonds. The zero-order chi connectivity index (χ0) is 17.2. The van der Waals surface area contributed by atoms with Crippen LogP contribution in [-0.2, 0) is 26.1 Å². The van der Waals surface area contributed by atoms with Crippen molar-refractivity contribution < 1.29 is 4.52 Å². The molecule has 1 aliphatic heterocycles. The van der Waals surface area contributed by atoms with Gasteiger partial charge >= 0.3 is 0 Å². The summed E-state index contributed by atoms with van der Waals surface area (Å²) in [6, 6.07) is 12.5. The minimum absolute atomic E-state index is 0.784. The molecule has 1 aliphatic rings. The molecule has 0 radical (unpaired) electrons. The second-order valence-corrected chi connectivity index (χ2v) is 7.82. The molecule has 0 aliphatic carbocycles. The fraction of sp³-hybridized carbons (Fsp3) is 0.368. The highest BCUT2D eigenvalue weighted by Gasteiger charge is 2.22. The van der Waals surface area contributed by atoms with Gasteiger partial charge < -0.3 is 9.42 Å². The van der Waals surface area contributed by atoms with Crippen LogP contribution >= 0.6 is 11.3 Å². The Morgan fingerprint density at radius 3 is 2.88 bits per heavy atom. The molecule has 4 rings (SSSR count). The van der Waals surface area contributed by atoms with Crippen molar-refractivity contribution in [3.05, 3.63) is 58.4 Å². The highest BCUT2D eigenvalue weighted by molar-refractivity contribution is 7.15. The average Bonchev–Trinajstić information content (AvgIpc) is 3.21. The van der Waals surface area contributed by atoms with Crippen molar-refractivity contribution in [3.8, 4) is 10.6 Å². The first-order chi connectivity index (χ1) is 12.2. The zero-order valence-corrected chi connectivity index (χ0v) is 15.4. The van der Waals surface area contributed by atoms with Gasteiger partial charge in [-0.15, -0.1) is 11.3 Å². The lowest BCUT2D eigenvalue weighted by Gasteiger charge is -2.24. The molecule has 0 saturated carbocycles. The van der Waals surface area contributed by atoms with Gasteiger partial charge in [-0.3, -0.25) is 4.90 Å². The van der Waals surface area contributed by atoms with Crippen LogP contribution in [-0.4, -0.2) is 40.6 Å². The SMILES string of the molecule is CN(C)Cc1cc(CN2CCc3nc(-c4ccccc4)sc3C2)no1. The molecule has 0 unspecified atom stereocenters. The van der Waals surface area contributed by atoms with Crippen molar-refractivity contribution in [1.82, 2.24) is 19.9 Å². The van der Waals surface area contributed by atoms with Gasteiger partial charge in [-0.25, -0.2) is 4.98 Å². The van der Waals surface area contributed by atoms with E-state index in [4.69, 9.17) is 9.51 Å². The third-order valence-electron chi connectivity index (χ3n) is 4.30. The third kappa shape index (κ3) is 3.81. The standard InChI is InChI=1S/C19H22N4OS/c1-22(2)12-16-10-15(21-24-16)11-23-9-8-17-18(13-23)25-19(20-17)14-6-4-3-5-7-14/h3-7,10H,8-9,11-13H2,1-2H3. The van der Waals surface area contributed by atoms with E-state index in [0.29, 0.717) is 0 Å². The minimum atomic E-state index is 0.784. The van der Waals surface area contributed by atoms with Gasteiger partial charge in [-0.1, -0.05) is 35.5 Å². The Kier molecular flexibility index (Phi) is 4.65. The van der Waals surface area contributed by atoms with Gasteiger partial charge in [0.15, 0.2) is 5.76 Å². The van der Waals surface area contributed by atoms with Crippen molar-refractivity contribution >= 4 is 11.3 Å². The number of hydrogen-bond acceptors (Lipinski definition) is 6. The Morgan fingerprint density at radius 2 is 2.08 bits per heavy atom. The van der Waals surface area contributed by atoms with E-state index in [1.54, 1.807) is 0 Å². The molecular formula is C19H22N4OS. The van der Waals surface area contributed by atoms with Crippen molar-refractivity contribution in [2.24, 2.45) is 0 Å². The van der Waals surface area contributed by atoms with Gasteiger partial charge in [0.2, 0.25) is 0 Å². The van der Waals surface area contributed by atoms with Crippen LogP contribution < -0.4 is 0 Å². The summed E-state index contributed by atoms with van der Waals surface area (Å²) < 4.78 is 5.42. The molecule has 0 saturated heterocycles. The molecule has 3 heterocycles. The number of rotatable bonds is 5. The summed E-state index contributed by atoms with van der Waals surface area (Å²) >= 11 is 1.81. The Labute approximate surface area is 151 Å². The van der Waals surface area contributed by atoms with E-state index < -0.39 is 0 Å². The lowest BCUT2D eigenvalue weighted by Crippen LogP contribution is -2.29. The Morgan fingerprint density at radius 1 is 1.24 bits per heavy atom. The van der Waals surface area contributed by atoms with Crippen LogP contribution in [0.4, 0.5) is 0 Å². The van der Waals surface area contributed by atoms with Gasteiger partial charge in [0.05, 0.1) is 17.9 Å². The minimum Gasteiger partial charge on any atom is -0.360 e. The second-order valence-electron chi connectivity index (χ2n) is 6.74. The molecule has 25 heavy (non-hydrogen) atoms. The van der Waals surface area contributed by atoms with E-state index >= 15 is 0 Å². The first kappa shape index (κ1) is 16.4. The molecule has 1 aromatic carbocycles. The zero-order valence-electron chi connectivity index (χ0n) is 14.6. The molecule has 0 atom stereocenters. The number of thiazole rings is 1. The van der Waals surface area contributed by atoms with Gasteiger partial charge in [-0.2, -0.15) is 0 Å². The van der Waals surface area contributed by atoms with E-state index in [9.17, 15) is 0 Å². The predicted octanol–water partition coefficient (Wildman–Crippen LogP) is 3.42. The summed E-state index contributed by atoms with van der Waals surface area (Å²) in [7, 11) is 4.06. The lowest BCUT2D eigenvalue weighted by atomic mass is 10.1. The summed E-state index contributed by atoms with van der Waals surface area (Å²) in [4.78, 5) is 10.7. The maximum absolute atomic E-state index is 5.42. The lowest BCUT2D eigenvalue weighted by molar-refractivity contribution is 0.237. The van der Waals surface area contributed by atoms with Crippen molar-refractivity contribution in [2.75, 3.05) is 20.6 Å². The van der Waals surface area contributed by atoms with Crippen LogP contribution in [0.15, 0.2) is 40.9 Å². The molecule has 0 fully saturated rings. The molecule has 2 aromatic heterocycles. The van der Waals surface area contributed by atoms with Gasteiger partial charge in [0, 0.05) is 42.6 Å². The van der Waals surface area contributed by atoms with Crippen LogP contribution in [0.25, 0.3) is 10.6 Å². The Bertz CT molecular complexity index is 840. The van der Waals surface area contributed by atoms with E-state index in [1.807, 2.05) is 31.5 Å². The number of hydrogen-bond donors (Lipinski definition) is 0. The van der Waals surface area contributed by atoms with Crippen LogP contribution in [0, 0.1) is 0 Å². The molecule has 0 spiro atoms. The molecule has 5 nitrogen and oxygen atoms in total. The summed E-state index contributed by atoms with van der Waals surface area (Å²) in [6.45, 7) is 3.57. The molecule has 0 N–H and O–H groups in total. The van der Waals surface area contributed by atoms with Crippen LogP contribution in [0.2, 0.25) is 0 Å². The fourth-order valence-corrected chi connectivity index (χ4v) is 4.29. The summed E-state index contributed by atoms with van der Waals surface area (Å²) in [5.41, 5.74) is 3.47. The van der Waals surface area contributed by atoms with Gasteiger partial charge in [0.25, 0.3) is 0 Å². The Balaban J connectivity index is 1.44. The highest BCUT2D eigenvalue weighted by Crippen LogP contribution is 2.31. The highest BCUT2D eigenvalue weighted by atomic mass is 32.1. The number of aromatic nitrogens is 2. The number of benzene rings is 1. The van der Waals surface area contributed by atoms with E-state index in [-0.39, 0.29) is 0 Å². The van der Waals surface area contributed by atoms with Crippen LogP contribution in [0.5, 0.6) is 0 Å². The quantitative estimate of drug-likeness (QED) is 0.702. The predicted molar refractivity (Wildman–Crippen MR) is 99.3 cm³/mol. The molecular weight excluding hydrogens is 332 g/mol. The fourth-order valence-electron chi connectivity index (χ4n) is 3.13. The maximum Gasteiger partial charge on any atom is 0.150 e. The first-order valence-electron chi connectivity index (χ1n) is 8.53. The molecule has 130 valence electrons. The van der Waals surface area contributed by atoms with E-state index in [2.05, 4.69) is 45.3 Å². The summed E-state index contributed by atoms with van der Waals surface area (Å²) in [6.07, 6.45) is 1.00. The molecule has 0 bridgehead atoms. The van der Waals surface area contributed by atoms with E-state index in [1.165, 1.54) is 16.1 Å². The van der Waals surface area contributed by atoms with Crippen molar-refractivity contribution in [1.29, 1.82) is 0 Å². The smallest absolute Gasteiger partial charge is 0.150 e. The summed E-state index contributed by atoms with van der Waals surface area (Å²) in [5, 5.41) is 5.34. The summed E-state index contributed by atoms with van der Waals surface area (Å²) in [5.74, 6) is 0.918. The number of fused-ring (bicyclic) bond motifs is 1. The van der Waals surface area contributed by atoms with Crippen LogP contribution in [0.3, 0.4) is 0 Å². The normalized spacial score (nSPS) is 14.8. The molecule has 3 aromatic rings. The van der Waals surface area contributed by atoms with E-state index in [0.717, 1.165) is 49.1 Å². The monoisotopic (exact) mass is 354 g/mol. The van der Waals surface area contributed by atoms with Gasteiger partial charge in [-0.05, 0) is 14.1 Å². The maximum atomic E-state index is 5.42. The largest absolute Gasteiger partial charge is 0.360 e. The second kappa shape index (κ2) is 7.07. The van der Waals surface area contributed by atoms with Crippen molar-refractivity contribution in [2.45, 2.75) is 26.1 Å². The topological polar surface area (TPSA) is 45.4 Å². The Hall–Kier alpha value is -2.02. The third-order valence-corrected chi connectivity index (χ3v) is 5.43. The number of nitrogens with zero attached hydrogens (tertiary/aromatic N) is 4. The van der Waals surface area contributed by atoms with Crippen LogP contribution in [0.1, 0.15) is 22.0 Å². The average molecular weight is 354 g/mol.